The van der Waals surface area contributed by atoms with E-state index in [0.717, 1.165) is 24.2 Å². The van der Waals surface area contributed by atoms with Gasteiger partial charge in [-0.15, -0.1) is 0 Å². The van der Waals surface area contributed by atoms with Gasteiger partial charge in [-0.2, -0.15) is 0 Å². The topological polar surface area (TPSA) is 29.5 Å². The van der Waals surface area contributed by atoms with Crippen LogP contribution in [0.3, 0.4) is 0 Å². The second kappa shape index (κ2) is 3.38. The summed E-state index contributed by atoms with van der Waals surface area (Å²) < 4.78 is 5.38. The third-order valence-electron chi connectivity index (χ3n) is 2.47. The normalized spacial score (nSPS) is 20.0. The number of hydrogen-bond acceptors (Lipinski definition) is 2. The summed E-state index contributed by atoms with van der Waals surface area (Å²) in [7, 11) is 0. The fourth-order valence-electron chi connectivity index (χ4n) is 1.83. The van der Waals surface area contributed by atoms with Crippen LogP contribution in [0.2, 0.25) is 0 Å². The van der Waals surface area contributed by atoms with Gasteiger partial charge in [-0.3, -0.25) is 0 Å². The molecule has 0 aliphatic heterocycles. The molecule has 0 amide bonds. The summed E-state index contributed by atoms with van der Waals surface area (Å²) in [4.78, 5) is 0. The van der Waals surface area contributed by atoms with Gasteiger partial charge in [0, 0.05) is 0 Å². The van der Waals surface area contributed by atoms with Gasteiger partial charge in [-0.1, -0.05) is 6.07 Å². The highest BCUT2D eigenvalue weighted by atomic mass is 16.5. The van der Waals surface area contributed by atoms with Crippen LogP contribution in [0.1, 0.15) is 30.6 Å². The van der Waals surface area contributed by atoms with Crippen molar-refractivity contribution in [1.29, 1.82) is 0 Å². The molecule has 1 atom stereocenters. The first-order valence-corrected chi connectivity index (χ1v) is 4.75. The molecule has 0 fully saturated rings. The van der Waals surface area contributed by atoms with Gasteiger partial charge < -0.3 is 9.84 Å². The van der Waals surface area contributed by atoms with E-state index in [-0.39, 0.29) is 6.10 Å². The van der Waals surface area contributed by atoms with Crippen molar-refractivity contribution in [3.63, 3.8) is 0 Å². The van der Waals surface area contributed by atoms with Gasteiger partial charge in [-0.25, -0.2) is 0 Å². The van der Waals surface area contributed by atoms with Gasteiger partial charge in [0.05, 0.1) is 12.7 Å². The molecular weight excluding hydrogens is 164 g/mol. The van der Waals surface area contributed by atoms with Gasteiger partial charge in [0.25, 0.3) is 0 Å². The predicted molar refractivity (Wildman–Crippen MR) is 50.9 cm³/mol. The first-order valence-electron chi connectivity index (χ1n) is 4.75. The Morgan fingerprint density at radius 1 is 1.54 bits per heavy atom. The Morgan fingerprint density at radius 3 is 3.15 bits per heavy atom. The molecule has 1 aromatic rings. The Bertz CT molecular complexity index is 307. The maximum Gasteiger partial charge on any atom is 0.119 e. The lowest BCUT2D eigenvalue weighted by Gasteiger charge is -2.06. The van der Waals surface area contributed by atoms with Crippen molar-refractivity contribution in [2.24, 2.45) is 0 Å². The van der Waals surface area contributed by atoms with Gasteiger partial charge >= 0.3 is 0 Å². The second-order valence-electron chi connectivity index (χ2n) is 3.35. The quantitative estimate of drug-likeness (QED) is 0.751. The number of benzene rings is 1. The Hall–Kier alpha value is -1.02. The van der Waals surface area contributed by atoms with Crippen LogP contribution in [0, 0.1) is 0 Å². The highest BCUT2D eigenvalue weighted by molar-refractivity contribution is 5.39. The van der Waals surface area contributed by atoms with Crippen LogP contribution in [0.25, 0.3) is 0 Å². The van der Waals surface area contributed by atoms with E-state index in [9.17, 15) is 5.11 Å². The number of aryl methyl sites for hydroxylation is 1. The molecule has 13 heavy (non-hydrogen) atoms. The van der Waals surface area contributed by atoms with Crippen molar-refractivity contribution in [2.45, 2.75) is 25.9 Å². The van der Waals surface area contributed by atoms with E-state index in [2.05, 4.69) is 0 Å². The molecule has 0 bridgehead atoms. The highest BCUT2D eigenvalue weighted by Crippen LogP contribution is 2.33. The zero-order valence-corrected chi connectivity index (χ0v) is 7.79. The molecule has 0 spiro atoms. The number of rotatable bonds is 2. The molecule has 0 heterocycles. The van der Waals surface area contributed by atoms with Crippen molar-refractivity contribution in [3.8, 4) is 5.75 Å². The van der Waals surface area contributed by atoms with Crippen LogP contribution in [0.5, 0.6) is 5.75 Å². The summed E-state index contributed by atoms with van der Waals surface area (Å²) in [6.07, 6.45) is 1.56. The summed E-state index contributed by atoms with van der Waals surface area (Å²) in [5, 5.41) is 9.56. The highest BCUT2D eigenvalue weighted by Gasteiger charge is 2.19. The Kier molecular flexibility index (Phi) is 2.23. The summed E-state index contributed by atoms with van der Waals surface area (Å²) >= 11 is 0. The van der Waals surface area contributed by atoms with E-state index in [1.54, 1.807) is 0 Å². The van der Waals surface area contributed by atoms with Crippen LogP contribution < -0.4 is 4.74 Å². The monoisotopic (exact) mass is 178 g/mol. The van der Waals surface area contributed by atoms with E-state index < -0.39 is 0 Å². The van der Waals surface area contributed by atoms with Crippen molar-refractivity contribution in [3.05, 3.63) is 29.3 Å². The smallest absolute Gasteiger partial charge is 0.119 e. The van der Waals surface area contributed by atoms with Crippen molar-refractivity contribution in [2.75, 3.05) is 6.61 Å². The molecule has 2 heteroatoms. The second-order valence-corrected chi connectivity index (χ2v) is 3.35. The largest absolute Gasteiger partial charge is 0.494 e. The molecule has 1 aliphatic rings. The lowest BCUT2D eigenvalue weighted by Crippen LogP contribution is -1.94. The minimum atomic E-state index is -0.259. The van der Waals surface area contributed by atoms with E-state index in [1.165, 1.54) is 5.56 Å². The van der Waals surface area contributed by atoms with Gasteiger partial charge in [-0.05, 0) is 43.0 Å². The Balaban J connectivity index is 2.29. The van der Waals surface area contributed by atoms with Crippen molar-refractivity contribution in [1.82, 2.24) is 0 Å². The predicted octanol–water partition coefficient (Wildman–Crippen LogP) is 2.06. The summed E-state index contributed by atoms with van der Waals surface area (Å²) in [6, 6.07) is 5.93. The number of fused-ring (bicyclic) bond motifs is 1. The molecule has 0 aromatic heterocycles. The van der Waals surface area contributed by atoms with Crippen molar-refractivity contribution < 1.29 is 9.84 Å². The Morgan fingerprint density at radius 2 is 2.38 bits per heavy atom. The molecule has 2 nitrogen and oxygen atoms in total. The van der Waals surface area contributed by atoms with Gasteiger partial charge in [0.2, 0.25) is 0 Å². The molecule has 2 rings (SSSR count). The van der Waals surface area contributed by atoms with Gasteiger partial charge in [0.1, 0.15) is 5.75 Å². The maximum absolute atomic E-state index is 9.56. The summed E-state index contributed by atoms with van der Waals surface area (Å²) in [5.74, 6) is 0.912. The van der Waals surface area contributed by atoms with E-state index in [1.807, 2.05) is 25.1 Å². The minimum Gasteiger partial charge on any atom is -0.494 e. The average molecular weight is 178 g/mol. The van der Waals surface area contributed by atoms with Crippen molar-refractivity contribution >= 4 is 0 Å². The molecule has 1 N–H and O–H groups in total. The number of ether oxygens (including phenoxy) is 1. The van der Waals surface area contributed by atoms with Crippen LogP contribution in [0.4, 0.5) is 0 Å². The zero-order chi connectivity index (χ0) is 9.26. The standard InChI is InChI=1S/C11H14O2/c1-2-13-9-4-5-10-8(7-9)3-6-11(10)12/h4-5,7,11-12H,2-3,6H2,1H3. The van der Waals surface area contributed by atoms with E-state index in [0.29, 0.717) is 6.61 Å². The van der Waals surface area contributed by atoms with Crippen LogP contribution in [0.15, 0.2) is 18.2 Å². The maximum atomic E-state index is 9.56. The summed E-state index contributed by atoms with van der Waals surface area (Å²) in [6.45, 7) is 2.67. The van der Waals surface area contributed by atoms with E-state index >= 15 is 0 Å². The molecular formula is C11H14O2. The fraction of sp³-hybridized carbons (Fsp3) is 0.455. The molecule has 1 aliphatic carbocycles. The molecule has 1 unspecified atom stereocenters. The molecule has 1 aromatic carbocycles. The minimum absolute atomic E-state index is 0.259. The Labute approximate surface area is 78.2 Å². The third-order valence-corrected chi connectivity index (χ3v) is 2.47. The van der Waals surface area contributed by atoms with Crippen LogP contribution >= 0.6 is 0 Å². The van der Waals surface area contributed by atoms with Crippen LogP contribution in [-0.4, -0.2) is 11.7 Å². The fourth-order valence-corrected chi connectivity index (χ4v) is 1.83. The number of aliphatic hydroxyl groups excluding tert-OH is 1. The first kappa shape index (κ1) is 8.57. The number of hydrogen-bond donors (Lipinski definition) is 1. The lowest BCUT2D eigenvalue weighted by molar-refractivity contribution is 0.180. The lowest BCUT2D eigenvalue weighted by atomic mass is 10.1. The first-order chi connectivity index (χ1) is 6.31. The van der Waals surface area contributed by atoms with Gasteiger partial charge in [0.15, 0.2) is 0 Å². The molecule has 0 radical (unpaired) electrons. The molecule has 0 saturated heterocycles. The number of aliphatic hydroxyl groups is 1. The SMILES string of the molecule is CCOc1ccc2c(c1)CCC2O. The van der Waals surface area contributed by atoms with E-state index in [4.69, 9.17) is 4.74 Å². The zero-order valence-electron chi connectivity index (χ0n) is 7.79. The average Bonchev–Trinajstić information content (AvgIpc) is 2.48. The molecule has 0 saturated carbocycles. The third kappa shape index (κ3) is 1.54. The summed E-state index contributed by atoms with van der Waals surface area (Å²) in [5.41, 5.74) is 2.31. The molecule has 70 valence electrons. The van der Waals surface area contributed by atoms with Crippen LogP contribution in [-0.2, 0) is 6.42 Å².